The normalized spacial score (nSPS) is 11.2. The average Bonchev–Trinajstić information content (AvgIpc) is 2.82. The van der Waals surface area contributed by atoms with E-state index < -0.39 is 16.0 Å². The lowest BCUT2D eigenvalue weighted by Crippen LogP contribution is -2.11. The Hall–Kier alpha value is -2.06. The molecule has 19 heavy (non-hydrogen) atoms. The lowest BCUT2D eigenvalue weighted by Gasteiger charge is -2.05. The second kappa shape index (κ2) is 4.90. The number of anilines is 1. The largest absolute Gasteiger partial charge is 0.508 e. The van der Waals surface area contributed by atoms with Crippen LogP contribution in [0.25, 0.3) is 0 Å². The first-order chi connectivity index (χ1) is 8.88. The van der Waals surface area contributed by atoms with E-state index in [0.717, 1.165) is 17.4 Å². The highest BCUT2D eigenvalue weighted by molar-refractivity contribution is 7.94. The highest BCUT2D eigenvalue weighted by Crippen LogP contribution is 2.23. The SMILES string of the molecule is O=C(O)c1csc(S(=O)(=O)Nc2ccc(O)cc2)c1. The van der Waals surface area contributed by atoms with Gasteiger partial charge in [0.15, 0.2) is 0 Å². The first kappa shape index (κ1) is 13.4. The van der Waals surface area contributed by atoms with Gasteiger partial charge >= 0.3 is 5.97 Å². The van der Waals surface area contributed by atoms with Gasteiger partial charge in [-0.25, -0.2) is 13.2 Å². The zero-order valence-corrected chi connectivity index (χ0v) is 11.0. The molecule has 3 N–H and O–H groups in total. The Labute approximate surface area is 113 Å². The number of nitrogens with one attached hydrogen (secondary N) is 1. The van der Waals surface area contributed by atoms with Crippen molar-refractivity contribution in [3.63, 3.8) is 0 Å². The smallest absolute Gasteiger partial charge is 0.336 e. The molecule has 2 aromatic rings. The van der Waals surface area contributed by atoms with Crippen LogP contribution in [0.3, 0.4) is 0 Å². The van der Waals surface area contributed by atoms with Gasteiger partial charge < -0.3 is 10.2 Å². The number of sulfonamides is 1. The molecule has 6 nitrogen and oxygen atoms in total. The molecule has 0 saturated heterocycles. The van der Waals surface area contributed by atoms with Crippen molar-refractivity contribution in [2.45, 2.75) is 4.21 Å². The first-order valence-corrected chi connectivity index (χ1v) is 7.38. The Morgan fingerprint density at radius 3 is 2.37 bits per heavy atom. The van der Waals surface area contributed by atoms with Crippen LogP contribution in [0.1, 0.15) is 10.4 Å². The van der Waals surface area contributed by atoms with E-state index in [1.165, 1.54) is 29.6 Å². The predicted octanol–water partition coefficient (Wildman–Crippen LogP) is 1.95. The minimum Gasteiger partial charge on any atom is -0.508 e. The maximum Gasteiger partial charge on any atom is 0.336 e. The van der Waals surface area contributed by atoms with E-state index in [4.69, 9.17) is 10.2 Å². The maximum absolute atomic E-state index is 12.0. The molecule has 0 aliphatic carbocycles. The van der Waals surface area contributed by atoms with E-state index >= 15 is 0 Å². The molecule has 0 saturated carbocycles. The van der Waals surface area contributed by atoms with Gasteiger partial charge in [-0.15, -0.1) is 11.3 Å². The summed E-state index contributed by atoms with van der Waals surface area (Å²) < 4.78 is 26.1. The molecule has 0 unspecified atom stereocenters. The number of aromatic hydroxyl groups is 1. The Morgan fingerprint density at radius 1 is 1.21 bits per heavy atom. The predicted molar refractivity (Wildman–Crippen MR) is 70.2 cm³/mol. The second-order valence-electron chi connectivity index (χ2n) is 3.61. The van der Waals surface area contributed by atoms with Crippen LogP contribution in [0.5, 0.6) is 5.75 Å². The fourth-order valence-electron chi connectivity index (χ4n) is 1.30. The van der Waals surface area contributed by atoms with Crippen LogP contribution in [0.4, 0.5) is 5.69 Å². The van der Waals surface area contributed by atoms with E-state index in [1.54, 1.807) is 0 Å². The van der Waals surface area contributed by atoms with Crippen molar-refractivity contribution in [2.24, 2.45) is 0 Å². The van der Waals surface area contributed by atoms with Crippen LogP contribution in [0.2, 0.25) is 0 Å². The van der Waals surface area contributed by atoms with Crippen molar-refractivity contribution < 1.29 is 23.4 Å². The fraction of sp³-hybridized carbons (Fsp3) is 0. The van der Waals surface area contributed by atoms with Gasteiger partial charge in [0.25, 0.3) is 10.0 Å². The van der Waals surface area contributed by atoms with Crippen molar-refractivity contribution in [2.75, 3.05) is 4.72 Å². The van der Waals surface area contributed by atoms with Crippen molar-refractivity contribution >= 4 is 33.0 Å². The molecule has 100 valence electrons. The second-order valence-corrected chi connectivity index (χ2v) is 6.43. The molecular weight excluding hydrogens is 290 g/mol. The number of carbonyl (C=O) groups is 1. The van der Waals surface area contributed by atoms with Gasteiger partial charge in [0, 0.05) is 11.1 Å². The molecule has 1 aromatic carbocycles. The van der Waals surface area contributed by atoms with E-state index in [1.807, 2.05) is 0 Å². The van der Waals surface area contributed by atoms with Gasteiger partial charge in [-0.1, -0.05) is 0 Å². The summed E-state index contributed by atoms with van der Waals surface area (Å²) in [5.41, 5.74) is 0.208. The third-order valence-corrected chi connectivity index (χ3v) is 5.03. The Kier molecular flexibility index (Phi) is 3.45. The fourth-order valence-corrected chi connectivity index (χ4v) is 3.52. The van der Waals surface area contributed by atoms with Gasteiger partial charge in [0.2, 0.25) is 0 Å². The molecule has 0 bridgehead atoms. The molecule has 0 spiro atoms. The summed E-state index contributed by atoms with van der Waals surface area (Å²) in [6.45, 7) is 0. The van der Waals surface area contributed by atoms with Gasteiger partial charge in [-0.3, -0.25) is 4.72 Å². The number of carboxylic acid groups (broad SMARTS) is 1. The zero-order valence-electron chi connectivity index (χ0n) is 9.40. The number of hydrogen-bond donors (Lipinski definition) is 3. The highest BCUT2D eigenvalue weighted by atomic mass is 32.2. The highest BCUT2D eigenvalue weighted by Gasteiger charge is 2.18. The molecular formula is C11H9NO5S2. The zero-order chi connectivity index (χ0) is 14.0. The van der Waals surface area contributed by atoms with Gasteiger partial charge in [0.05, 0.1) is 5.56 Å². The number of aromatic carboxylic acids is 1. The molecule has 1 heterocycles. The number of carboxylic acids is 1. The minimum absolute atomic E-state index is 0.0206. The van der Waals surface area contributed by atoms with E-state index in [2.05, 4.69) is 4.72 Å². The Morgan fingerprint density at radius 2 is 1.84 bits per heavy atom. The van der Waals surface area contributed by atoms with Crippen LogP contribution < -0.4 is 4.72 Å². The number of thiophene rings is 1. The average molecular weight is 299 g/mol. The minimum atomic E-state index is -3.82. The quantitative estimate of drug-likeness (QED) is 0.749. The third-order valence-electron chi connectivity index (χ3n) is 2.21. The molecule has 2 rings (SSSR count). The van der Waals surface area contributed by atoms with Crippen molar-refractivity contribution in [1.82, 2.24) is 0 Å². The summed E-state index contributed by atoms with van der Waals surface area (Å²) in [5, 5.41) is 19.1. The number of benzene rings is 1. The molecule has 0 atom stereocenters. The van der Waals surface area contributed by atoms with Gasteiger partial charge in [0.1, 0.15) is 9.96 Å². The van der Waals surface area contributed by atoms with Crippen molar-refractivity contribution in [3.05, 3.63) is 41.3 Å². The lowest BCUT2D eigenvalue weighted by atomic mass is 10.3. The van der Waals surface area contributed by atoms with E-state index in [0.29, 0.717) is 0 Å². The number of phenolic OH excluding ortho intramolecular Hbond substituents is 1. The summed E-state index contributed by atoms with van der Waals surface area (Å²) in [4.78, 5) is 10.7. The lowest BCUT2D eigenvalue weighted by molar-refractivity contribution is 0.0697. The Balaban J connectivity index is 2.26. The number of rotatable bonds is 4. The van der Waals surface area contributed by atoms with Crippen LogP contribution in [0.15, 0.2) is 39.9 Å². The molecule has 0 aliphatic rings. The standard InChI is InChI=1S/C11H9NO5S2/c13-9-3-1-8(2-4-9)12-19(16,17)10-5-7(6-18-10)11(14)15/h1-6,12-13H,(H,14,15). The van der Waals surface area contributed by atoms with Crippen LogP contribution in [-0.2, 0) is 10.0 Å². The molecule has 1 aromatic heterocycles. The summed E-state index contributed by atoms with van der Waals surface area (Å²) in [7, 11) is -3.82. The molecule has 0 aliphatic heterocycles. The van der Waals surface area contributed by atoms with Crippen molar-refractivity contribution in [3.8, 4) is 5.75 Å². The monoisotopic (exact) mass is 299 g/mol. The van der Waals surface area contributed by atoms with E-state index in [-0.39, 0.29) is 21.2 Å². The van der Waals surface area contributed by atoms with Crippen LogP contribution >= 0.6 is 11.3 Å². The van der Waals surface area contributed by atoms with Crippen molar-refractivity contribution in [1.29, 1.82) is 0 Å². The van der Waals surface area contributed by atoms with E-state index in [9.17, 15) is 13.2 Å². The molecule has 0 radical (unpaired) electrons. The molecule has 0 fully saturated rings. The maximum atomic E-state index is 12.0. The first-order valence-electron chi connectivity index (χ1n) is 5.02. The number of hydrogen-bond acceptors (Lipinski definition) is 5. The summed E-state index contributed by atoms with van der Waals surface area (Å²) in [6.07, 6.45) is 0. The Bertz CT molecular complexity index is 703. The summed E-state index contributed by atoms with van der Waals surface area (Å²) in [5.74, 6) is -1.16. The van der Waals surface area contributed by atoms with Gasteiger partial charge in [-0.2, -0.15) is 0 Å². The topological polar surface area (TPSA) is 104 Å². The summed E-state index contributed by atoms with van der Waals surface area (Å²) >= 11 is 0.827. The molecule has 8 heteroatoms. The van der Waals surface area contributed by atoms with Crippen LogP contribution in [0, 0.1) is 0 Å². The number of phenols is 1. The molecule has 0 amide bonds. The van der Waals surface area contributed by atoms with Crippen LogP contribution in [-0.4, -0.2) is 24.6 Å². The van der Waals surface area contributed by atoms with Gasteiger partial charge in [-0.05, 0) is 30.3 Å². The summed E-state index contributed by atoms with van der Waals surface area (Å²) in [6, 6.07) is 6.58. The third kappa shape index (κ3) is 3.04.